The highest BCUT2D eigenvalue weighted by Crippen LogP contribution is 2.11. The van der Waals surface area contributed by atoms with Crippen LogP contribution in [0.4, 0.5) is 17.8 Å². The number of hydrogen-bond donors (Lipinski definition) is 3. The average Bonchev–Trinajstić information content (AvgIpc) is 2.38. The van der Waals surface area contributed by atoms with Gasteiger partial charge in [0, 0.05) is 32.1 Å². The first-order valence-electron chi connectivity index (χ1n) is 7.26. The molecule has 1 aromatic heterocycles. The van der Waals surface area contributed by atoms with E-state index < -0.39 is 0 Å². The van der Waals surface area contributed by atoms with Crippen LogP contribution in [0.3, 0.4) is 0 Å². The van der Waals surface area contributed by atoms with Crippen molar-refractivity contribution in [2.45, 2.75) is 40.2 Å². The molecule has 1 amide bonds. The second kappa shape index (κ2) is 8.23. The number of anilines is 3. The molecule has 0 unspecified atom stereocenters. The fourth-order valence-electron chi connectivity index (χ4n) is 1.79. The molecule has 0 fully saturated rings. The minimum Gasteiger partial charge on any atom is -0.368 e. The van der Waals surface area contributed by atoms with Gasteiger partial charge in [0.1, 0.15) is 0 Å². The van der Waals surface area contributed by atoms with Gasteiger partial charge in [0.05, 0.1) is 0 Å². The van der Waals surface area contributed by atoms with Gasteiger partial charge in [-0.25, -0.2) is 0 Å². The number of nitrogens with one attached hydrogen (secondary N) is 2. The smallest absolute Gasteiger partial charge is 0.231 e. The maximum atomic E-state index is 11.5. The SMILES string of the molecule is CCN(CC)c1nc(N)nc(NCCC(=O)NC(C)C)n1. The van der Waals surface area contributed by atoms with Gasteiger partial charge >= 0.3 is 0 Å². The minimum atomic E-state index is -0.0107. The molecule has 4 N–H and O–H groups in total. The van der Waals surface area contributed by atoms with Crippen LogP contribution in [0, 0.1) is 0 Å². The van der Waals surface area contributed by atoms with Gasteiger partial charge in [-0.3, -0.25) is 4.79 Å². The number of hydrogen-bond acceptors (Lipinski definition) is 7. The number of nitrogens with two attached hydrogens (primary N) is 1. The van der Waals surface area contributed by atoms with Crippen LogP contribution in [0.5, 0.6) is 0 Å². The largest absolute Gasteiger partial charge is 0.368 e. The number of nitrogen functional groups attached to an aromatic ring is 1. The van der Waals surface area contributed by atoms with E-state index in [2.05, 4.69) is 25.6 Å². The van der Waals surface area contributed by atoms with Crippen LogP contribution in [-0.2, 0) is 4.79 Å². The Bertz CT molecular complexity index is 460. The van der Waals surface area contributed by atoms with Gasteiger partial charge in [-0.1, -0.05) is 0 Å². The molecule has 8 nitrogen and oxygen atoms in total. The summed E-state index contributed by atoms with van der Waals surface area (Å²) in [5.41, 5.74) is 5.70. The van der Waals surface area contributed by atoms with Crippen molar-refractivity contribution in [3.63, 3.8) is 0 Å². The second-order valence-electron chi connectivity index (χ2n) is 4.89. The maximum absolute atomic E-state index is 11.5. The lowest BCUT2D eigenvalue weighted by Gasteiger charge is -2.19. The normalized spacial score (nSPS) is 10.5. The van der Waals surface area contributed by atoms with Crippen LogP contribution in [0.1, 0.15) is 34.1 Å². The van der Waals surface area contributed by atoms with Crippen LogP contribution in [0.25, 0.3) is 0 Å². The van der Waals surface area contributed by atoms with E-state index in [0.29, 0.717) is 24.9 Å². The summed E-state index contributed by atoms with van der Waals surface area (Å²) >= 11 is 0. The number of rotatable bonds is 8. The third kappa shape index (κ3) is 5.80. The van der Waals surface area contributed by atoms with Crippen molar-refractivity contribution in [1.82, 2.24) is 20.3 Å². The molecular weight excluding hydrogens is 270 g/mol. The zero-order valence-electron chi connectivity index (χ0n) is 13.2. The van der Waals surface area contributed by atoms with Gasteiger partial charge in [-0.05, 0) is 27.7 Å². The van der Waals surface area contributed by atoms with Crippen molar-refractivity contribution in [2.24, 2.45) is 0 Å². The summed E-state index contributed by atoms with van der Waals surface area (Å²) < 4.78 is 0. The molecule has 0 aliphatic rings. The summed E-state index contributed by atoms with van der Waals surface area (Å²) in [7, 11) is 0. The average molecular weight is 295 g/mol. The van der Waals surface area contributed by atoms with Crippen molar-refractivity contribution >= 4 is 23.8 Å². The Morgan fingerprint density at radius 1 is 1.24 bits per heavy atom. The number of amides is 1. The van der Waals surface area contributed by atoms with E-state index in [1.807, 2.05) is 32.6 Å². The highest BCUT2D eigenvalue weighted by molar-refractivity contribution is 5.76. The van der Waals surface area contributed by atoms with Gasteiger partial charge < -0.3 is 21.3 Å². The Morgan fingerprint density at radius 2 is 1.90 bits per heavy atom. The zero-order chi connectivity index (χ0) is 15.8. The first-order valence-corrected chi connectivity index (χ1v) is 7.26. The van der Waals surface area contributed by atoms with E-state index >= 15 is 0 Å². The van der Waals surface area contributed by atoms with E-state index in [1.165, 1.54) is 0 Å². The first-order chi connectivity index (χ1) is 9.96. The monoisotopic (exact) mass is 295 g/mol. The third-order valence-electron chi connectivity index (χ3n) is 2.77. The van der Waals surface area contributed by atoms with Crippen LogP contribution in [0.2, 0.25) is 0 Å². The van der Waals surface area contributed by atoms with Crippen molar-refractivity contribution in [3.8, 4) is 0 Å². The standard InChI is InChI=1S/C13H25N7O/c1-5-20(6-2)13-18-11(14)17-12(19-13)15-8-7-10(21)16-9(3)4/h9H,5-8H2,1-4H3,(H,16,21)(H3,14,15,17,18,19). The number of carbonyl (C=O) groups excluding carboxylic acids is 1. The fourth-order valence-corrected chi connectivity index (χ4v) is 1.79. The van der Waals surface area contributed by atoms with Crippen molar-refractivity contribution in [2.75, 3.05) is 35.6 Å². The van der Waals surface area contributed by atoms with Gasteiger partial charge in [-0.15, -0.1) is 0 Å². The molecule has 8 heteroatoms. The van der Waals surface area contributed by atoms with Crippen LogP contribution >= 0.6 is 0 Å². The van der Waals surface area contributed by atoms with Crippen molar-refractivity contribution in [1.29, 1.82) is 0 Å². The molecule has 1 heterocycles. The minimum absolute atomic E-state index is 0.0107. The lowest BCUT2D eigenvalue weighted by molar-refractivity contribution is -0.121. The molecule has 0 atom stereocenters. The molecule has 0 aliphatic heterocycles. The number of carbonyl (C=O) groups is 1. The van der Waals surface area contributed by atoms with Crippen molar-refractivity contribution in [3.05, 3.63) is 0 Å². The molecule has 0 aromatic carbocycles. The molecular formula is C13H25N7O. The summed E-state index contributed by atoms with van der Waals surface area (Å²) in [6.07, 6.45) is 0.352. The molecule has 118 valence electrons. The predicted molar refractivity (Wildman–Crippen MR) is 84.2 cm³/mol. The molecule has 0 saturated heterocycles. The number of aromatic nitrogens is 3. The second-order valence-corrected chi connectivity index (χ2v) is 4.89. The van der Waals surface area contributed by atoms with Crippen LogP contribution in [-0.4, -0.2) is 46.5 Å². The van der Waals surface area contributed by atoms with Gasteiger partial charge in [0.2, 0.25) is 23.8 Å². The molecule has 0 radical (unpaired) electrons. The van der Waals surface area contributed by atoms with E-state index in [-0.39, 0.29) is 17.9 Å². The molecule has 1 aromatic rings. The van der Waals surface area contributed by atoms with Gasteiger partial charge in [-0.2, -0.15) is 15.0 Å². The van der Waals surface area contributed by atoms with E-state index in [1.54, 1.807) is 0 Å². The Balaban J connectivity index is 2.61. The molecule has 0 saturated carbocycles. The number of nitrogens with zero attached hydrogens (tertiary/aromatic N) is 4. The lowest BCUT2D eigenvalue weighted by Crippen LogP contribution is -2.31. The lowest BCUT2D eigenvalue weighted by atomic mass is 10.3. The van der Waals surface area contributed by atoms with Crippen LogP contribution < -0.4 is 21.3 Å². The Hall–Kier alpha value is -2.12. The molecule has 21 heavy (non-hydrogen) atoms. The molecule has 0 aliphatic carbocycles. The van der Waals surface area contributed by atoms with E-state index in [4.69, 9.17) is 5.73 Å². The van der Waals surface area contributed by atoms with Gasteiger partial charge in [0.25, 0.3) is 0 Å². The molecule has 1 rings (SSSR count). The summed E-state index contributed by atoms with van der Waals surface area (Å²) in [6.45, 7) is 9.91. The van der Waals surface area contributed by atoms with Crippen molar-refractivity contribution < 1.29 is 4.79 Å². The first kappa shape index (κ1) is 16.9. The summed E-state index contributed by atoms with van der Waals surface area (Å²) in [5.74, 6) is 1.09. The Labute approximate surface area is 125 Å². The third-order valence-corrected chi connectivity index (χ3v) is 2.77. The Morgan fingerprint density at radius 3 is 2.48 bits per heavy atom. The van der Waals surface area contributed by atoms with E-state index in [0.717, 1.165) is 13.1 Å². The fraction of sp³-hybridized carbons (Fsp3) is 0.692. The predicted octanol–water partition coefficient (Wildman–Crippen LogP) is 0.627. The van der Waals surface area contributed by atoms with Crippen LogP contribution in [0.15, 0.2) is 0 Å². The quantitative estimate of drug-likeness (QED) is 0.645. The highest BCUT2D eigenvalue weighted by Gasteiger charge is 2.10. The van der Waals surface area contributed by atoms with Gasteiger partial charge in [0.15, 0.2) is 0 Å². The summed E-state index contributed by atoms with van der Waals surface area (Å²) in [4.78, 5) is 26.0. The van der Waals surface area contributed by atoms with E-state index in [9.17, 15) is 4.79 Å². The maximum Gasteiger partial charge on any atom is 0.231 e. The molecule has 0 spiro atoms. The highest BCUT2D eigenvalue weighted by atomic mass is 16.1. The summed E-state index contributed by atoms with van der Waals surface area (Å²) in [6, 6.07) is 0.139. The topological polar surface area (TPSA) is 109 Å². The molecule has 0 bridgehead atoms. The zero-order valence-corrected chi connectivity index (χ0v) is 13.2. The Kier molecular flexibility index (Phi) is 6.64. The summed E-state index contributed by atoms with van der Waals surface area (Å²) in [5, 5.41) is 5.83.